The minimum Gasteiger partial charge on any atom is -0.496 e. The highest BCUT2D eigenvalue weighted by atomic mass is 35.5. The molecule has 0 radical (unpaired) electrons. The van der Waals surface area contributed by atoms with E-state index in [4.69, 9.17) is 16.3 Å². The van der Waals surface area contributed by atoms with Crippen molar-refractivity contribution in [1.82, 2.24) is 4.90 Å². The Hall–Kier alpha value is -2.33. The van der Waals surface area contributed by atoms with E-state index in [0.717, 1.165) is 11.1 Å². The molecule has 24 heavy (non-hydrogen) atoms. The van der Waals surface area contributed by atoms with Gasteiger partial charge in [0.15, 0.2) is 0 Å². The van der Waals surface area contributed by atoms with Crippen molar-refractivity contribution in [3.63, 3.8) is 0 Å². The lowest BCUT2D eigenvalue weighted by molar-refractivity contribution is -0.140. The van der Waals surface area contributed by atoms with Crippen LogP contribution >= 0.6 is 11.6 Å². The van der Waals surface area contributed by atoms with Crippen molar-refractivity contribution >= 4 is 23.4 Å². The number of ether oxygens (including phenoxy) is 1. The average molecular weight is 344 g/mol. The Bertz CT molecular complexity index is 757. The van der Waals surface area contributed by atoms with E-state index in [1.54, 1.807) is 19.2 Å². The molecule has 2 aromatic rings. The van der Waals surface area contributed by atoms with Crippen LogP contribution in [0.1, 0.15) is 17.5 Å². The van der Waals surface area contributed by atoms with Gasteiger partial charge >= 0.3 is 0 Å². The Balaban J connectivity index is 1.73. The van der Waals surface area contributed by atoms with Crippen LogP contribution in [0.5, 0.6) is 5.75 Å². The molecule has 1 heterocycles. The van der Waals surface area contributed by atoms with Crippen molar-refractivity contribution in [2.24, 2.45) is 5.92 Å². The lowest BCUT2D eigenvalue weighted by Crippen LogP contribution is -2.30. The molecule has 0 spiro atoms. The molecule has 5 heteroatoms. The first-order chi connectivity index (χ1) is 11.6. The largest absolute Gasteiger partial charge is 0.496 e. The van der Waals surface area contributed by atoms with Gasteiger partial charge in [-0.1, -0.05) is 41.9 Å². The molecular weight excluding hydrogens is 326 g/mol. The van der Waals surface area contributed by atoms with Gasteiger partial charge in [0.1, 0.15) is 5.75 Å². The quantitative estimate of drug-likeness (QED) is 0.781. The number of carbonyl (C=O) groups is 2. The van der Waals surface area contributed by atoms with Crippen molar-refractivity contribution in [1.29, 1.82) is 0 Å². The second-order valence-electron chi connectivity index (χ2n) is 5.86. The molecule has 1 atom stereocenters. The van der Waals surface area contributed by atoms with Gasteiger partial charge in [0.2, 0.25) is 11.8 Å². The smallest absolute Gasteiger partial charge is 0.233 e. The molecule has 1 aliphatic rings. The number of amides is 2. The van der Waals surface area contributed by atoms with Crippen molar-refractivity contribution in [2.45, 2.75) is 19.4 Å². The molecule has 0 bridgehead atoms. The lowest BCUT2D eigenvalue weighted by atomic mass is 9.98. The van der Waals surface area contributed by atoms with Crippen LogP contribution in [0.25, 0.3) is 0 Å². The fraction of sp³-hybridized carbons (Fsp3) is 0.263. The first-order valence-electron chi connectivity index (χ1n) is 7.79. The summed E-state index contributed by atoms with van der Waals surface area (Å²) in [6.07, 6.45) is 0.792. The maximum Gasteiger partial charge on any atom is 0.233 e. The van der Waals surface area contributed by atoms with E-state index < -0.39 is 0 Å². The number of methoxy groups -OCH3 is 1. The third kappa shape index (κ3) is 3.44. The van der Waals surface area contributed by atoms with Crippen molar-refractivity contribution < 1.29 is 14.3 Å². The zero-order valence-electron chi connectivity index (χ0n) is 13.4. The molecule has 0 aliphatic carbocycles. The van der Waals surface area contributed by atoms with Crippen LogP contribution < -0.4 is 4.74 Å². The Morgan fingerprint density at radius 1 is 1.12 bits per heavy atom. The Morgan fingerprint density at radius 2 is 1.83 bits per heavy atom. The molecule has 4 nitrogen and oxygen atoms in total. The maximum absolute atomic E-state index is 12.6. The number of benzene rings is 2. The van der Waals surface area contributed by atoms with Gasteiger partial charge in [0.05, 0.1) is 19.6 Å². The summed E-state index contributed by atoms with van der Waals surface area (Å²) in [5.74, 6) is 0.110. The van der Waals surface area contributed by atoms with Gasteiger partial charge in [-0.05, 0) is 30.2 Å². The SMILES string of the molecule is COc1ccccc1CN1C(=O)C[C@@H](Cc2ccc(Cl)cc2)C1=O. The molecule has 2 aromatic carbocycles. The molecule has 0 saturated carbocycles. The van der Waals surface area contributed by atoms with E-state index >= 15 is 0 Å². The fourth-order valence-electron chi connectivity index (χ4n) is 2.99. The second kappa shape index (κ2) is 7.05. The zero-order valence-corrected chi connectivity index (χ0v) is 14.1. The molecule has 1 saturated heterocycles. The number of para-hydroxylation sites is 1. The normalized spacial score (nSPS) is 17.4. The van der Waals surface area contributed by atoms with E-state index in [1.165, 1.54) is 4.90 Å². The van der Waals surface area contributed by atoms with E-state index in [9.17, 15) is 9.59 Å². The van der Waals surface area contributed by atoms with Crippen LogP contribution in [0.4, 0.5) is 0 Å². The summed E-state index contributed by atoms with van der Waals surface area (Å²) >= 11 is 5.88. The average Bonchev–Trinajstić information content (AvgIpc) is 2.85. The first-order valence-corrected chi connectivity index (χ1v) is 8.17. The zero-order chi connectivity index (χ0) is 17.1. The highest BCUT2D eigenvalue weighted by Gasteiger charge is 2.38. The number of likely N-dealkylation sites (tertiary alicyclic amines) is 1. The minimum atomic E-state index is -0.312. The predicted octanol–water partition coefficient (Wildman–Crippen LogP) is 3.47. The maximum atomic E-state index is 12.6. The molecular formula is C19H18ClNO3. The summed E-state index contributed by atoms with van der Waals surface area (Å²) in [4.78, 5) is 26.2. The summed E-state index contributed by atoms with van der Waals surface area (Å²) in [6, 6.07) is 14.8. The Labute approximate surface area is 146 Å². The van der Waals surface area contributed by atoms with Crippen molar-refractivity contribution in [3.05, 3.63) is 64.7 Å². The van der Waals surface area contributed by atoms with Crippen molar-refractivity contribution in [3.8, 4) is 5.75 Å². The van der Waals surface area contributed by atoms with Crippen LogP contribution in [-0.2, 0) is 22.6 Å². The van der Waals surface area contributed by atoms with Crippen LogP contribution in [0.2, 0.25) is 5.02 Å². The van der Waals surface area contributed by atoms with Gasteiger partial charge in [0, 0.05) is 17.0 Å². The first kappa shape index (κ1) is 16.5. The topological polar surface area (TPSA) is 46.6 Å². The number of nitrogens with zero attached hydrogens (tertiary/aromatic N) is 1. The standard InChI is InChI=1S/C19H18ClNO3/c1-24-17-5-3-2-4-14(17)12-21-18(22)11-15(19(21)23)10-13-6-8-16(20)9-7-13/h2-9,15H,10-12H2,1H3/t15-/m1/s1. The molecule has 124 valence electrons. The van der Waals surface area contributed by atoms with E-state index in [-0.39, 0.29) is 30.7 Å². The number of imide groups is 1. The van der Waals surface area contributed by atoms with Gasteiger partial charge in [-0.15, -0.1) is 0 Å². The summed E-state index contributed by atoms with van der Waals surface area (Å²) in [7, 11) is 1.58. The molecule has 1 fully saturated rings. The summed E-state index contributed by atoms with van der Waals surface area (Å²) in [6.45, 7) is 0.249. The summed E-state index contributed by atoms with van der Waals surface area (Å²) in [5, 5.41) is 0.658. The number of hydrogen-bond donors (Lipinski definition) is 0. The molecule has 1 aliphatic heterocycles. The highest BCUT2D eigenvalue weighted by molar-refractivity contribution is 6.30. The van der Waals surface area contributed by atoms with Crippen LogP contribution in [0.3, 0.4) is 0 Å². The van der Waals surface area contributed by atoms with E-state index in [1.807, 2.05) is 36.4 Å². The number of halogens is 1. The third-order valence-electron chi connectivity index (χ3n) is 4.25. The van der Waals surface area contributed by atoms with Gasteiger partial charge in [-0.25, -0.2) is 0 Å². The molecule has 2 amide bonds. The van der Waals surface area contributed by atoms with E-state index in [2.05, 4.69) is 0 Å². The lowest BCUT2D eigenvalue weighted by Gasteiger charge is -2.17. The fourth-order valence-corrected chi connectivity index (χ4v) is 3.11. The summed E-state index contributed by atoms with van der Waals surface area (Å²) in [5.41, 5.74) is 1.83. The monoisotopic (exact) mass is 343 g/mol. The van der Waals surface area contributed by atoms with Crippen LogP contribution in [-0.4, -0.2) is 23.8 Å². The number of carbonyl (C=O) groups excluding carboxylic acids is 2. The number of hydrogen-bond acceptors (Lipinski definition) is 3. The van der Waals surface area contributed by atoms with E-state index in [0.29, 0.717) is 17.2 Å². The van der Waals surface area contributed by atoms with Gasteiger partial charge in [-0.2, -0.15) is 0 Å². The number of rotatable bonds is 5. The Kier molecular flexibility index (Phi) is 4.86. The predicted molar refractivity (Wildman–Crippen MR) is 91.8 cm³/mol. The molecule has 0 aromatic heterocycles. The summed E-state index contributed by atoms with van der Waals surface area (Å²) < 4.78 is 5.30. The second-order valence-corrected chi connectivity index (χ2v) is 6.30. The van der Waals surface area contributed by atoms with Crippen LogP contribution in [0.15, 0.2) is 48.5 Å². The molecule has 3 rings (SSSR count). The van der Waals surface area contributed by atoms with Gasteiger partial charge in [-0.3, -0.25) is 14.5 Å². The van der Waals surface area contributed by atoms with Crippen molar-refractivity contribution in [2.75, 3.05) is 7.11 Å². The third-order valence-corrected chi connectivity index (χ3v) is 4.51. The molecule has 0 N–H and O–H groups in total. The minimum absolute atomic E-state index is 0.124. The highest BCUT2D eigenvalue weighted by Crippen LogP contribution is 2.28. The molecule has 0 unspecified atom stereocenters. The van der Waals surface area contributed by atoms with Gasteiger partial charge in [0.25, 0.3) is 0 Å². The van der Waals surface area contributed by atoms with Crippen LogP contribution in [0, 0.1) is 5.92 Å². The van der Waals surface area contributed by atoms with Gasteiger partial charge < -0.3 is 4.74 Å². The Morgan fingerprint density at radius 3 is 2.54 bits per heavy atom.